The summed E-state index contributed by atoms with van der Waals surface area (Å²) in [5, 5.41) is 35.4. The van der Waals surface area contributed by atoms with E-state index >= 15 is 0 Å². The van der Waals surface area contributed by atoms with Crippen molar-refractivity contribution in [2.75, 3.05) is 19.7 Å². The number of likely N-dealkylation sites (tertiary alicyclic amines) is 1. The van der Waals surface area contributed by atoms with Crippen LogP contribution >= 0.6 is 0 Å². The second-order valence-electron chi connectivity index (χ2n) is 4.89. The number of aliphatic hydroxyl groups is 1. The summed E-state index contributed by atoms with van der Waals surface area (Å²) >= 11 is 0. The van der Waals surface area contributed by atoms with Crippen LogP contribution in [0.5, 0.6) is 0 Å². The second kappa shape index (κ2) is 7.47. The standard InChI is InChI=1S/C11H20BNO6/c14-5-3-10(15)13-6-8(2-1-4-12(18)19)9(7-13)11(16)17/h8-9,14,18-19H,1-7H2,(H,16,17)/t8-,9?/m0/s1. The summed E-state index contributed by atoms with van der Waals surface area (Å²) in [7, 11) is -1.38. The molecule has 0 aromatic carbocycles. The Labute approximate surface area is 112 Å². The summed E-state index contributed by atoms with van der Waals surface area (Å²) in [5.74, 6) is -1.95. The lowest BCUT2D eigenvalue weighted by Crippen LogP contribution is -2.30. The first kappa shape index (κ1) is 15.9. The molecule has 1 unspecified atom stereocenters. The van der Waals surface area contributed by atoms with Crippen LogP contribution in [0.3, 0.4) is 0 Å². The fourth-order valence-electron chi connectivity index (χ4n) is 2.46. The average molecular weight is 273 g/mol. The first-order valence-corrected chi connectivity index (χ1v) is 6.43. The van der Waals surface area contributed by atoms with Crippen molar-refractivity contribution in [2.24, 2.45) is 11.8 Å². The SMILES string of the molecule is O=C(O)C1CN(C(=O)CCO)C[C@@H]1CCCB(O)O. The van der Waals surface area contributed by atoms with Gasteiger partial charge in [-0.25, -0.2) is 0 Å². The van der Waals surface area contributed by atoms with Crippen molar-refractivity contribution in [3.8, 4) is 0 Å². The number of carboxylic acid groups (broad SMARTS) is 1. The Morgan fingerprint density at radius 3 is 2.47 bits per heavy atom. The Balaban J connectivity index is 2.53. The number of carbonyl (C=O) groups excluding carboxylic acids is 1. The molecular weight excluding hydrogens is 253 g/mol. The molecule has 1 amide bonds. The molecule has 0 radical (unpaired) electrons. The van der Waals surface area contributed by atoms with Crippen molar-refractivity contribution in [3.05, 3.63) is 0 Å². The zero-order valence-corrected chi connectivity index (χ0v) is 10.7. The van der Waals surface area contributed by atoms with Gasteiger partial charge in [-0.2, -0.15) is 0 Å². The van der Waals surface area contributed by atoms with Crippen LogP contribution in [0.1, 0.15) is 19.3 Å². The molecule has 8 heteroatoms. The lowest BCUT2D eigenvalue weighted by atomic mass is 9.80. The van der Waals surface area contributed by atoms with Crippen molar-refractivity contribution in [1.29, 1.82) is 0 Å². The molecule has 0 aromatic rings. The maximum atomic E-state index is 11.6. The quantitative estimate of drug-likeness (QED) is 0.432. The topological polar surface area (TPSA) is 118 Å². The molecule has 7 nitrogen and oxygen atoms in total. The van der Waals surface area contributed by atoms with Gasteiger partial charge < -0.3 is 25.2 Å². The van der Waals surface area contributed by atoms with Crippen LogP contribution in [0.4, 0.5) is 0 Å². The highest BCUT2D eigenvalue weighted by Crippen LogP contribution is 2.28. The van der Waals surface area contributed by atoms with E-state index in [-0.39, 0.29) is 37.7 Å². The van der Waals surface area contributed by atoms with Crippen LogP contribution in [0.25, 0.3) is 0 Å². The summed E-state index contributed by atoms with van der Waals surface area (Å²) in [4.78, 5) is 24.3. The molecule has 19 heavy (non-hydrogen) atoms. The van der Waals surface area contributed by atoms with Gasteiger partial charge in [-0.05, 0) is 18.7 Å². The van der Waals surface area contributed by atoms with Gasteiger partial charge in [0.2, 0.25) is 5.91 Å². The first-order valence-electron chi connectivity index (χ1n) is 6.43. The molecular formula is C11H20BNO6. The fourth-order valence-corrected chi connectivity index (χ4v) is 2.46. The molecule has 1 aliphatic rings. The van der Waals surface area contributed by atoms with Crippen LogP contribution < -0.4 is 0 Å². The van der Waals surface area contributed by atoms with Gasteiger partial charge in [-0.3, -0.25) is 9.59 Å². The van der Waals surface area contributed by atoms with Crippen LogP contribution in [0.15, 0.2) is 0 Å². The van der Waals surface area contributed by atoms with Crippen LogP contribution in [-0.2, 0) is 9.59 Å². The van der Waals surface area contributed by atoms with Crippen molar-refractivity contribution >= 4 is 19.0 Å². The minimum atomic E-state index is -1.38. The number of nitrogens with zero attached hydrogens (tertiary/aromatic N) is 1. The van der Waals surface area contributed by atoms with E-state index in [0.29, 0.717) is 19.4 Å². The van der Waals surface area contributed by atoms with Crippen LogP contribution in [-0.4, -0.2) is 63.9 Å². The van der Waals surface area contributed by atoms with Crippen LogP contribution in [0.2, 0.25) is 6.32 Å². The van der Waals surface area contributed by atoms with E-state index in [0.717, 1.165) is 0 Å². The Kier molecular flexibility index (Phi) is 6.27. The van der Waals surface area contributed by atoms with Crippen molar-refractivity contribution in [3.63, 3.8) is 0 Å². The minimum absolute atomic E-state index is 0.00835. The van der Waals surface area contributed by atoms with E-state index in [4.69, 9.17) is 20.3 Å². The number of aliphatic hydroxyl groups excluding tert-OH is 1. The molecule has 1 fully saturated rings. The highest BCUT2D eigenvalue weighted by atomic mass is 16.4. The highest BCUT2D eigenvalue weighted by molar-refractivity contribution is 6.40. The zero-order valence-electron chi connectivity index (χ0n) is 10.7. The minimum Gasteiger partial charge on any atom is -0.481 e. The van der Waals surface area contributed by atoms with Gasteiger partial charge >= 0.3 is 13.1 Å². The summed E-state index contributed by atoms with van der Waals surface area (Å²) in [5.41, 5.74) is 0. The number of carbonyl (C=O) groups is 2. The smallest absolute Gasteiger partial charge is 0.451 e. The Hall–Kier alpha value is -1.12. The third kappa shape index (κ3) is 4.81. The molecule has 1 saturated heterocycles. The molecule has 0 spiro atoms. The van der Waals surface area contributed by atoms with Gasteiger partial charge in [-0.15, -0.1) is 0 Å². The van der Waals surface area contributed by atoms with Gasteiger partial charge in [0.15, 0.2) is 0 Å². The normalized spacial score (nSPS) is 22.6. The fraction of sp³-hybridized carbons (Fsp3) is 0.818. The van der Waals surface area contributed by atoms with E-state index in [1.807, 2.05) is 0 Å². The number of amides is 1. The largest absolute Gasteiger partial charge is 0.481 e. The number of hydrogen-bond acceptors (Lipinski definition) is 5. The van der Waals surface area contributed by atoms with Crippen molar-refractivity contribution in [2.45, 2.75) is 25.6 Å². The lowest BCUT2D eigenvalue weighted by Gasteiger charge is -2.15. The molecule has 0 aromatic heterocycles. The van der Waals surface area contributed by atoms with E-state index in [2.05, 4.69) is 0 Å². The van der Waals surface area contributed by atoms with Gasteiger partial charge in [0.05, 0.1) is 12.5 Å². The molecule has 1 rings (SSSR count). The molecule has 1 heterocycles. The van der Waals surface area contributed by atoms with E-state index in [1.54, 1.807) is 0 Å². The first-order chi connectivity index (χ1) is 8.95. The summed E-state index contributed by atoms with van der Waals surface area (Å²) in [6.45, 7) is 0.284. The maximum absolute atomic E-state index is 11.6. The molecule has 0 bridgehead atoms. The van der Waals surface area contributed by atoms with Gasteiger partial charge in [-0.1, -0.05) is 6.42 Å². The number of carboxylic acids is 1. The van der Waals surface area contributed by atoms with Gasteiger partial charge in [0, 0.05) is 19.5 Å². The van der Waals surface area contributed by atoms with E-state index in [1.165, 1.54) is 4.90 Å². The van der Waals surface area contributed by atoms with Crippen molar-refractivity contribution in [1.82, 2.24) is 4.90 Å². The van der Waals surface area contributed by atoms with E-state index in [9.17, 15) is 9.59 Å². The van der Waals surface area contributed by atoms with Crippen molar-refractivity contribution < 1.29 is 29.9 Å². The molecule has 1 aliphatic heterocycles. The molecule has 4 N–H and O–H groups in total. The maximum Gasteiger partial charge on any atom is 0.451 e. The Morgan fingerprint density at radius 1 is 1.26 bits per heavy atom. The predicted molar refractivity (Wildman–Crippen MR) is 67.1 cm³/mol. The molecule has 0 aliphatic carbocycles. The summed E-state index contributed by atoms with van der Waals surface area (Å²) < 4.78 is 0. The third-order valence-corrected chi connectivity index (χ3v) is 3.47. The van der Waals surface area contributed by atoms with Gasteiger partial charge in [0.25, 0.3) is 0 Å². The highest BCUT2D eigenvalue weighted by Gasteiger charge is 2.38. The predicted octanol–water partition coefficient (Wildman–Crippen LogP) is -1.22. The third-order valence-electron chi connectivity index (χ3n) is 3.47. The molecule has 0 saturated carbocycles. The zero-order chi connectivity index (χ0) is 14.4. The number of rotatable bonds is 7. The van der Waals surface area contributed by atoms with Gasteiger partial charge in [0.1, 0.15) is 0 Å². The Morgan fingerprint density at radius 2 is 1.95 bits per heavy atom. The molecule has 108 valence electrons. The average Bonchev–Trinajstić information content (AvgIpc) is 2.73. The monoisotopic (exact) mass is 273 g/mol. The van der Waals surface area contributed by atoms with E-state index < -0.39 is 19.0 Å². The Bertz CT molecular complexity index is 324. The van der Waals surface area contributed by atoms with Crippen LogP contribution in [0, 0.1) is 11.8 Å². The summed E-state index contributed by atoms with van der Waals surface area (Å²) in [6.07, 6.45) is 1.26. The summed E-state index contributed by atoms with van der Waals surface area (Å²) in [6, 6.07) is 0. The lowest BCUT2D eigenvalue weighted by molar-refractivity contribution is -0.142. The second-order valence-corrected chi connectivity index (χ2v) is 4.89. The number of hydrogen-bond donors (Lipinski definition) is 4. The number of aliphatic carboxylic acids is 1. The molecule has 2 atom stereocenters.